The Hall–Kier alpha value is -2.11. The number of nitrogens with one attached hydrogen (secondary N) is 1. The van der Waals surface area contributed by atoms with Gasteiger partial charge in [-0.15, -0.1) is 12.4 Å². The van der Waals surface area contributed by atoms with Gasteiger partial charge in [0.15, 0.2) is 0 Å². The van der Waals surface area contributed by atoms with Crippen LogP contribution >= 0.6 is 24.0 Å². The van der Waals surface area contributed by atoms with Gasteiger partial charge in [0.05, 0.1) is 24.9 Å². The highest BCUT2D eigenvalue weighted by Crippen LogP contribution is 2.37. The van der Waals surface area contributed by atoms with Gasteiger partial charge in [0, 0.05) is 18.0 Å². The second-order valence-corrected chi connectivity index (χ2v) is 5.00. The number of ether oxygens (including phenoxy) is 1. The predicted octanol–water partition coefficient (Wildman–Crippen LogP) is 2.87. The molecule has 1 amide bonds. The van der Waals surface area contributed by atoms with Crippen molar-refractivity contribution in [1.29, 1.82) is 0 Å². The first-order valence-corrected chi connectivity index (χ1v) is 6.78. The van der Waals surface area contributed by atoms with E-state index in [9.17, 15) is 4.79 Å². The number of rotatable bonds is 3. The van der Waals surface area contributed by atoms with Gasteiger partial charge in [-0.1, -0.05) is 23.7 Å². The number of hydrogen-bond acceptors (Lipinski definition) is 3. The topological polar surface area (TPSA) is 69.3 Å². The minimum atomic E-state index is -0.492. The van der Waals surface area contributed by atoms with E-state index in [1.165, 1.54) is 0 Å². The fraction of sp³-hybridized carbons (Fsp3) is 0.133. The van der Waals surface area contributed by atoms with Gasteiger partial charge in [-0.2, -0.15) is 0 Å². The van der Waals surface area contributed by atoms with Crippen LogP contribution in [0.25, 0.3) is 17.3 Å². The van der Waals surface area contributed by atoms with Crippen LogP contribution in [0.2, 0.25) is 5.15 Å². The van der Waals surface area contributed by atoms with E-state index in [0.717, 1.165) is 17.0 Å². The van der Waals surface area contributed by atoms with E-state index in [0.29, 0.717) is 22.8 Å². The Balaban J connectivity index is 0.00000176. The lowest BCUT2D eigenvalue weighted by Gasteiger charge is -2.11. The summed E-state index contributed by atoms with van der Waals surface area (Å²) in [6, 6.07) is 7.35. The van der Waals surface area contributed by atoms with Crippen LogP contribution < -0.4 is 15.8 Å². The second kappa shape index (κ2) is 6.34. The van der Waals surface area contributed by atoms with Gasteiger partial charge in [-0.05, 0) is 17.7 Å². The summed E-state index contributed by atoms with van der Waals surface area (Å²) in [6.07, 6.45) is 3.56. The number of carbonyl (C=O) groups is 1. The summed E-state index contributed by atoms with van der Waals surface area (Å²) in [5, 5.41) is 3.53. The number of benzene rings is 1. The lowest BCUT2D eigenvalue weighted by atomic mass is 10.0. The van der Waals surface area contributed by atoms with Crippen LogP contribution in [0.4, 0.5) is 0 Å². The maximum absolute atomic E-state index is 11.9. The number of primary amides is 1. The lowest BCUT2D eigenvalue weighted by molar-refractivity contribution is 0.1000. The molecule has 3 rings (SSSR count). The second-order valence-electron chi connectivity index (χ2n) is 4.65. The SMILES string of the molecule is COc1ccc(-c2c(C(N)=O)c3n(c2Cl)C=CNC3)cc1.Cl. The number of methoxy groups -OCH3 is 1. The van der Waals surface area contributed by atoms with Crippen LogP contribution in [0.5, 0.6) is 5.75 Å². The highest BCUT2D eigenvalue weighted by Gasteiger charge is 2.26. The molecular formula is C15H15Cl2N3O2. The van der Waals surface area contributed by atoms with Crippen molar-refractivity contribution in [3.63, 3.8) is 0 Å². The Labute approximate surface area is 139 Å². The van der Waals surface area contributed by atoms with Crippen LogP contribution in [-0.2, 0) is 6.54 Å². The van der Waals surface area contributed by atoms with E-state index in [4.69, 9.17) is 22.1 Å². The molecule has 2 aromatic rings. The van der Waals surface area contributed by atoms with Gasteiger partial charge in [-0.3, -0.25) is 4.79 Å². The zero-order chi connectivity index (χ0) is 15.0. The molecule has 0 radical (unpaired) electrons. The Morgan fingerprint density at radius 3 is 2.64 bits per heavy atom. The number of halogens is 2. The number of hydrogen-bond donors (Lipinski definition) is 2. The van der Waals surface area contributed by atoms with E-state index in [1.807, 2.05) is 24.3 Å². The summed E-state index contributed by atoms with van der Waals surface area (Å²) in [6.45, 7) is 0.505. The molecule has 1 aliphatic heterocycles. The molecule has 2 heterocycles. The zero-order valence-electron chi connectivity index (χ0n) is 11.8. The molecule has 7 heteroatoms. The molecule has 0 bridgehead atoms. The number of carbonyl (C=O) groups excluding carboxylic acids is 1. The van der Waals surface area contributed by atoms with Crippen molar-refractivity contribution in [3.8, 4) is 16.9 Å². The molecule has 0 spiro atoms. The summed E-state index contributed by atoms with van der Waals surface area (Å²) in [5.41, 5.74) is 8.24. The van der Waals surface area contributed by atoms with Crippen molar-refractivity contribution < 1.29 is 9.53 Å². The summed E-state index contributed by atoms with van der Waals surface area (Å²) in [7, 11) is 1.60. The Morgan fingerprint density at radius 1 is 1.36 bits per heavy atom. The first-order chi connectivity index (χ1) is 10.1. The largest absolute Gasteiger partial charge is 0.497 e. The van der Waals surface area contributed by atoms with Crippen LogP contribution in [0.3, 0.4) is 0 Å². The van der Waals surface area contributed by atoms with Gasteiger partial charge in [0.2, 0.25) is 0 Å². The van der Waals surface area contributed by atoms with E-state index in [-0.39, 0.29) is 12.4 Å². The monoisotopic (exact) mass is 339 g/mol. The lowest BCUT2D eigenvalue weighted by Crippen LogP contribution is -2.20. The van der Waals surface area contributed by atoms with E-state index < -0.39 is 5.91 Å². The zero-order valence-corrected chi connectivity index (χ0v) is 13.4. The van der Waals surface area contributed by atoms with E-state index >= 15 is 0 Å². The van der Waals surface area contributed by atoms with Crippen molar-refractivity contribution in [1.82, 2.24) is 9.88 Å². The molecule has 0 unspecified atom stereocenters. The van der Waals surface area contributed by atoms with Crippen LogP contribution in [0.15, 0.2) is 30.5 Å². The molecule has 116 valence electrons. The van der Waals surface area contributed by atoms with Gasteiger partial charge in [0.25, 0.3) is 5.91 Å². The minimum absolute atomic E-state index is 0. The quantitative estimate of drug-likeness (QED) is 0.903. The number of nitrogens with two attached hydrogens (primary N) is 1. The molecule has 5 nitrogen and oxygen atoms in total. The molecule has 1 aliphatic rings. The normalized spacial score (nSPS) is 12.1. The molecule has 0 fully saturated rings. The molecule has 22 heavy (non-hydrogen) atoms. The summed E-state index contributed by atoms with van der Waals surface area (Å²) in [5.74, 6) is 0.245. The van der Waals surface area contributed by atoms with Gasteiger partial charge < -0.3 is 20.4 Å². The van der Waals surface area contributed by atoms with Crippen molar-refractivity contribution in [2.75, 3.05) is 7.11 Å². The Morgan fingerprint density at radius 2 is 2.05 bits per heavy atom. The third-order valence-electron chi connectivity index (χ3n) is 3.48. The fourth-order valence-corrected chi connectivity index (χ4v) is 2.87. The third-order valence-corrected chi connectivity index (χ3v) is 3.85. The third kappa shape index (κ3) is 2.53. The smallest absolute Gasteiger partial charge is 0.251 e. The first kappa shape index (κ1) is 16.3. The fourth-order valence-electron chi connectivity index (χ4n) is 2.51. The van der Waals surface area contributed by atoms with Crippen LogP contribution in [-0.4, -0.2) is 17.6 Å². The number of amides is 1. The standard InChI is InChI=1S/C15H14ClN3O2.ClH/c1-21-10-4-2-9(3-5-10)12-13(15(17)20)11-8-18-6-7-19(11)14(12)16;/h2-7,18H,8H2,1H3,(H2,17,20);1H. The predicted molar refractivity (Wildman–Crippen MR) is 89.4 cm³/mol. The van der Waals surface area contributed by atoms with Crippen LogP contribution in [0.1, 0.15) is 16.1 Å². The summed E-state index contributed by atoms with van der Waals surface area (Å²) >= 11 is 6.44. The van der Waals surface area contributed by atoms with Crippen molar-refractivity contribution in [2.45, 2.75) is 6.54 Å². The highest BCUT2D eigenvalue weighted by molar-refractivity contribution is 6.34. The van der Waals surface area contributed by atoms with Crippen molar-refractivity contribution in [2.24, 2.45) is 5.73 Å². The Kier molecular flexibility index (Phi) is 4.68. The van der Waals surface area contributed by atoms with E-state index in [2.05, 4.69) is 5.32 Å². The number of nitrogens with zero attached hydrogens (tertiary/aromatic N) is 1. The van der Waals surface area contributed by atoms with Crippen molar-refractivity contribution >= 4 is 36.1 Å². The number of aromatic nitrogens is 1. The van der Waals surface area contributed by atoms with E-state index in [1.54, 1.807) is 24.1 Å². The Bertz CT molecular complexity index is 736. The van der Waals surface area contributed by atoms with Crippen molar-refractivity contribution in [3.05, 3.63) is 46.9 Å². The molecule has 0 saturated carbocycles. The summed E-state index contributed by atoms with van der Waals surface area (Å²) < 4.78 is 6.92. The molecule has 0 aliphatic carbocycles. The number of fused-ring (bicyclic) bond motifs is 1. The van der Waals surface area contributed by atoms with Gasteiger partial charge in [-0.25, -0.2) is 0 Å². The maximum atomic E-state index is 11.9. The molecule has 0 atom stereocenters. The molecule has 3 N–H and O–H groups in total. The summed E-state index contributed by atoms with van der Waals surface area (Å²) in [4.78, 5) is 11.9. The molecule has 1 aromatic carbocycles. The highest BCUT2D eigenvalue weighted by atomic mass is 35.5. The molecule has 0 saturated heterocycles. The van der Waals surface area contributed by atoms with Gasteiger partial charge in [0.1, 0.15) is 10.9 Å². The minimum Gasteiger partial charge on any atom is -0.497 e. The first-order valence-electron chi connectivity index (χ1n) is 6.40. The van der Waals surface area contributed by atoms with Crippen LogP contribution in [0, 0.1) is 0 Å². The van der Waals surface area contributed by atoms with Gasteiger partial charge >= 0.3 is 0 Å². The maximum Gasteiger partial charge on any atom is 0.251 e. The average Bonchev–Trinajstić information content (AvgIpc) is 2.81. The molecular weight excluding hydrogens is 325 g/mol. The molecule has 1 aromatic heterocycles. The average molecular weight is 340 g/mol.